The maximum Gasteiger partial charge on any atom is 0.259 e. The Bertz CT molecular complexity index is 865. The Morgan fingerprint density at radius 3 is 2.44 bits per heavy atom. The van der Waals surface area contributed by atoms with Gasteiger partial charge in [-0.25, -0.2) is 9.07 Å². The zero-order valence-electron chi connectivity index (χ0n) is 13.5. The molecule has 2 aromatic heterocycles. The fraction of sp³-hybridized carbons (Fsp3) is 0.222. The van der Waals surface area contributed by atoms with E-state index in [1.54, 1.807) is 27.9 Å². The second-order valence-corrected chi connectivity index (χ2v) is 5.76. The van der Waals surface area contributed by atoms with E-state index in [2.05, 4.69) is 5.10 Å². The van der Waals surface area contributed by atoms with Gasteiger partial charge in [-0.15, -0.1) is 0 Å². The number of amides is 1. The SMILES string of the molecule is O=C(c1cnn(-c2ccc(F)cc2)c1-n1cccc1)N1CCOCC1. The number of rotatable bonds is 3. The van der Waals surface area contributed by atoms with E-state index in [1.807, 2.05) is 29.1 Å². The summed E-state index contributed by atoms with van der Waals surface area (Å²) in [5.74, 6) is 0.233. The van der Waals surface area contributed by atoms with Crippen LogP contribution in [0.15, 0.2) is 55.0 Å². The van der Waals surface area contributed by atoms with Crippen LogP contribution in [0.2, 0.25) is 0 Å². The summed E-state index contributed by atoms with van der Waals surface area (Å²) >= 11 is 0. The monoisotopic (exact) mass is 340 g/mol. The third-order valence-corrected chi connectivity index (χ3v) is 4.19. The zero-order valence-corrected chi connectivity index (χ0v) is 13.5. The first-order valence-electron chi connectivity index (χ1n) is 8.08. The predicted molar refractivity (Wildman–Crippen MR) is 89.6 cm³/mol. The van der Waals surface area contributed by atoms with Crippen LogP contribution < -0.4 is 0 Å². The van der Waals surface area contributed by atoms with Crippen molar-refractivity contribution in [3.8, 4) is 11.5 Å². The normalized spacial score (nSPS) is 14.7. The van der Waals surface area contributed by atoms with Crippen molar-refractivity contribution < 1.29 is 13.9 Å². The Kier molecular flexibility index (Phi) is 4.07. The number of halogens is 1. The molecule has 0 bridgehead atoms. The van der Waals surface area contributed by atoms with E-state index >= 15 is 0 Å². The van der Waals surface area contributed by atoms with E-state index < -0.39 is 0 Å². The van der Waals surface area contributed by atoms with Crippen LogP contribution in [0, 0.1) is 5.82 Å². The lowest BCUT2D eigenvalue weighted by Crippen LogP contribution is -2.40. The molecule has 0 N–H and O–H groups in total. The summed E-state index contributed by atoms with van der Waals surface area (Å²) in [5.41, 5.74) is 1.19. The Morgan fingerprint density at radius 2 is 1.76 bits per heavy atom. The van der Waals surface area contributed by atoms with E-state index in [4.69, 9.17) is 4.74 Å². The van der Waals surface area contributed by atoms with Crippen LogP contribution in [-0.4, -0.2) is 51.5 Å². The minimum Gasteiger partial charge on any atom is -0.378 e. The molecule has 0 radical (unpaired) electrons. The first kappa shape index (κ1) is 15.6. The average molecular weight is 340 g/mol. The van der Waals surface area contributed by atoms with E-state index in [1.165, 1.54) is 12.1 Å². The number of hydrogen-bond acceptors (Lipinski definition) is 3. The molecule has 3 heterocycles. The number of morpholine rings is 1. The quantitative estimate of drug-likeness (QED) is 0.735. The van der Waals surface area contributed by atoms with Gasteiger partial charge < -0.3 is 14.2 Å². The molecule has 1 aliphatic rings. The molecule has 1 saturated heterocycles. The minimum absolute atomic E-state index is 0.0830. The summed E-state index contributed by atoms with van der Waals surface area (Å²) in [6.07, 6.45) is 5.27. The van der Waals surface area contributed by atoms with Crippen molar-refractivity contribution in [3.63, 3.8) is 0 Å². The highest BCUT2D eigenvalue weighted by molar-refractivity contribution is 5.97. The summed E-state index contributed by atoms with van der Waals surface area (Å²) in [6.45, 7) is 2.20. The van der Waals surface area contributed by atoms with Crippen LogP contribution in [0.25, 0.3) is 11.5 Å². The minimum atomic E-state index is -0.317. The number of ether oxygens (including phenoxy) is 1. The highest BCUT2D eigenvalue weighted by Crippen LogP contribution is 2.22. The third kappa shape index (κ3) is 2.94. The number of carbonyl (C=O) groups excluding carboxylic acids is 1. The van der Waals surface area contributed by atoms with Gasteiger partial charge in [0.1, 0.15) is 11.4 Å². The molecule has 0 spiro atoms. The lowest BCUT2D eigenvalue weighted by atomic mass is 10.2. The van der Waals surface area contributed by atoms with Crippen molar-refractivity contribution in [2.75, 3.05) is 26.3 Å². The first-order valence-corrected chi connectivity index (χ1v) is 8.08. The molecule has 1 fully saturated rings. The smallest absolute Gasteiger partial charge is 0.259 e. The summed E-state index contributed by atoms with van der Waals surface area (Å²) in [7, 11) is 0. The number of hydrogen-bond donors (Lipinski definition) is 0. The predicted octanol–water partition coefficient (Wildman–Crippen LogP) is 2.27. The zero-order chi connectivity index (χ0) is 17.2. The molecule has 0 unspecified atom stereocenters. The summed E-state index contributed by atoms with van der Waals surface area (Å²) in [4.78, 5) is 14.7. The van der Waals surface area contributed by atoms with Gasteiger partial charge in [0.25, 0.3) is 5.91 Å². The summed E-state index contributed by atoms with van der Waals surface area (Å²) < 4.78 is 22.0. The molecular weight excluding hydrogens is 323 g/mol. The maximum absolute atomic E-state index is 13.2. The molecule has 6 nitrogen and oxygen atoms in total. The van der Waals surface area contributed by atoms with Gasteiger partial charge in [0.15, 0.2) is 5.82 Å². The summed E-state index contributed by atoms with van der Waals surface area (Å²) in [5, 5.41) is 4.38. The van der Waals surface area contributed by atoms with Gasteiger partial charge in [0.2, 0.25) is 0 Å². The van der Waals surface area contributed by atoms with Gasteiger partial charge in [0.05, 0.1) is 25.1 Å². The molecule has 25 heavy (non-hydrogen) atoms. The van der Waals surface area contributed by atoms with Gasteiger partial charge in [-0.3, -0.25) is 4.79 Å². The molecular formula is C18H17FN4O2. The number of nitrogens with zero attached hydrogens (tertiary/aromatic N) is 4. The second-order valence-electron chi connectivity index (χ2n) is 5.76. The maximum atomic E-state index is 13.2. The van der Waals surface area contributed by atoms with Crippen LogP contribution in [0.4, 0.5) is 4.39 Å². The van der Waals surface area contributed by atoms with E-state index in [0.717, 1.165) is 0 Å². The van der Waals surface area contributed by atoms with Crippen molar-refractivity contribution in [2.24, 2.45) is 0 Å². The van der Waals surface area contributed by atoms with Crippen molar-refractivity contribution in [1.29, 1.82) is 0 Å². The molecule has 1 aliphatic heterocycles. The Labute approximate surface area is 144 Å². The highest BCUT2D eigenvalue weighted by atomic mass is 19.1. The fourth-order valence-electron chi connectivity index (χ4n) is 2.93. The number of carbonyl (C=O) groups is 1. The van der Waals surface area contributed by atoms with Gasteiger partial charge in [-0.1, -0.05) is 0 Å². The van der Waals surface area contributed by atoms with Crippen molar-refractivity contribution in [1.82, 2.24) is 19.2 Å². The van der Waals surface area contributed by atoms with Crippen LogP contribution in [-0.2, 0) is 4.74 Å². The van der Waals surface area contributed by atoms with E-state index in [0.29, 0.717) is 43.4 Å². The molecule has 4 rings (SSSR count). The standard InChI is InChI=1S/C18H17FN4O2/c19-14-3-5-15(6-4-14)23-17(21-7-1-2-8-21)16(13-20-23)18(24)22-9-11-25-12-10-22/h1-8,13H,9-12H2. The van der Waals surface area contributed by atoms with Gasteiger partial charge in [0, 0.05) is 25.5 Å². The van der Waals surface area contributed by atoms with Crippen molar-refractivity contribution >= 4 is 5.91 Å². The van der Waals surface area contributed by atoms with Gasteiger partial charge >= 0.3 is 0 Å². The van der Waals surface area contributed by atoms with Crippen LogP contribution in [0.1, 0.15) is 10.4 Å². The first-order chi connectivity index (χ1) is 12.2. The number of benzene rings is 1. The molecule has 0 saturated carbocycles. The summed E-state index contributed by atoms with van der Waals surface area (Å²) in [6, 6.07) is 9.78. The van der Waals surface area contributed by atoms with Crippen LogP contribution in [0.5, 0.6) is 0 Å². The highest BCUT2D eigenvalue weighted by Gasteiger charge is 2.25. The van der Waals surface area contributed by atoms with E-state index in [9.17, 15) is 9.18 Å². The average Bonchev–Trinajstić information content (AvgIpc) is 3.32. The number of aromatic nitrogens is 3. The lowest BCUT2D eigenvalue weighted by Gasteiger charge is -2.26. The molecule has 0 atom stereocenters. The van der Waals surface area contributed by atoms with Gasteiger partial charge in [-0.05, 0) is 36.4 Å². The Morgan fingerprint density at radius 1 is 1.08 bits per heavy atom. The topological polar surface area (TPSA) is 52.3 Å². The second kappa shape index (κ2) is 6.52. The third-order valence-electron chi connectivity index (χ3n) is 4.19. The molecule has 0 aliphatic carbocycles. The lowest BCUT2D eigenvalue weighted by molar-refractivity contribution is 0.0303. The molecule has 128 valence electrons. The van der Waals surface area contributed by atoms with Crippen molar-refractivity contribution in [2.45, 2.75) is 0 Å². The molecule has 3 aromatic rings. The molecule has 1 amide bonds. The Hall–Kier alpha value is -2.93. The Balaban J connectivity index is 1.79. The van der Waals surface area contributed by atoms with Crippen LogP contribution >= 0.6 is 0 Å². The fourth-order valence-corrected chi connectivity index (χ4v) is 2.93. The molecule has 7 heteroatoms. The van der Waals surface area contributed by atoms with Gasteiger partial charge in [-0.2, -0.15) is 5.10 Å². The van der Waals surface area contributed by atoms with Crippen LogP contribution in [0.3, 0.4) is 0 Å². The largest absolute Gasteiger partial charge is 0.378 e. The van der Waals surface area contributed by atoms with Crippen molar-refractivity contribution in [3.05, 3.63) is 66.4 Å². The van der Waals surface area contributed by atoms with E-state index in [-0.39, 0.29) is 11.7 Å². The molecule has 1 aromatic carbocycles.